The Labute approximate surface area is 200 Å². The van der Waals surface area contributed by atoms with Gasteiger partial charge in [0, 0.05) is 18.9 Å². The van der Waals surface area contributed by atoms with Gasteiger partial charge in [0.2, 0.25) is 0 Å². The van der Waals surface area contributed by atoms with E-state index in [1.807, 2.05) is 0 Å². The van der Waals surface area contributed by atoms with Crippen LogP contribution in [0.1, 0.15) is 77.7 Å². The van der Waals surface area contributed by atoms with Gasteiger partial charge in [-0.25, -0.2) is 0 Å². The first-order chi connectivity index (χ1) is 15.8. The maximum Gasteiger partial charge on any atom is 0.176 e. The van der Waals surface area contributed by atoms with Gasteiger partial charge in [-0.2, -0.15) is 0 Å². The molecule has 4 saturated carbocycles. The van der Waals surface area contributed by atoms with Crippen molar-refractivity contribution < 1.29 is 9.53 Å². The zero-order valence-corrected chi connectivity index (χ0v) is 20.9. The lowest BCUT2D eigenvalue weighted by atomic mass is 9.44. The first-order valence-electron chi connectivity index (χ1n) is 13.6. The molecular formula is C30H43NO2. The van der Waals surface area contributed by atoms with E-state index in [4.69, 9.17) is 10.1 Å². The van der Waals surface area contributed by atoms with Crippen LogP contribution >= 0.6 is 0 Å². The highest BCUT2D eigenvalue weighted by molar-refractivity contribution is 6.40. The summed E-state index contributed by atoms with van der Waals surface area (Å²) in [4.78, 5) is 12.3. The van der Waals surface area contributed by atoms with Crippen LogP contribution in [0.2, 0.25) is 0 Å². The highest BCUT2D eigenvalue weighted by Crippen LogP contribution is 2.67. The summed E-state index contributed by atoms with van der Waals surface area (Å²) in [5.74, 6) is 4.03. The van der Waals surface area contributed by atoms with Crippen molar-refractivity contribution in [1.82, 2.24) is 0 Å². The molecule has 0 aromatic heterocycles. The topological polar surface area (TPSA) is 50.1 Å². The predicted molar refractivity (Wildman–Crippen MR) is 133 cm³/mol. The van der Waals surface area contributed by atoms with Gasteiger partial charge in [-0.15, -0.1) is 0 Å². The molecule has 180 valence electrons. The minimum atomic E-state index is 0.124. The summed E-state index contributed by atoms with van der Waals surface area (Å²) >= 11 is 0. The van der Waals surface area contributed by atoms with Crippen molar-refractivity contribution >= 4 is 11.5 Å². The van der Waals surface area contributed by atoms with Gasteiger partial charge in [0.25, 0.3) is 0 Å². The van der Waals surface area contributed by atoms with E-state index in [0.717, 1.165) is 50.2 Å². The summed E-state index contributed by atoms with van der Waals surface area (Å²) in [6.07, 6.45) is 10.3. The normalized spacial score (nSPS) is 41.2. The smallest absolute Gasteiger partial charge is 0.176 e. The van der Waals surface area contributed by atoms with Crippen LogP contribution in [0, 0.1) is 51.7 Å². The van der Waals surface area contributed by atoms with E-state index in [2.05, 4.69) is 51.1 Å². The van der Waals surface area contributed by atoms with E-state index in [1.54, 1.807) is 0 Å². The van der Waals surface area contributed by atoms with Gasteiger partial charge in [0.1, 0.15) is 0 Å². The van der Waals surface area contributed by atoms with Gasteiger partial charge >= 0.3 is 0 Å². The van der Waals surface area contributed by atoms with Crippen molar-refractivity contribution in [2.45, 2.75) is 78.6 Å². The number of hydrogen-bond acceptors (Lipinski definition) is 3. The molecule has 1 aromatic rings. The lowest BCUT2D eigenvalue weighted by Crippen LogP contribution is -2.56. The Morgan fingerprint density at radius 3 is 2.55 bits per heavy atom. The molecule has 0 bridgehead atoms. The molecule has 0 radical (unpaired) electrons. The Kier molecular flexibility index (Phi) is 6.31. The highest BCUT2D eigenvalue weighted by Gasteiger charge is 2.61. The second kappa shape index (κ2) is 8.95. The van der Waals surface area contributed by atoms with Crippen LogP contribution in [-0.4, -0.2) is 24.7 Å². The first-order valence-corrected chi connectivity index (χ1v) is 13.6. The van der Waals surface area contributed by atoms with Crippen LogP contribution in [0.15, 0.2) is 30.3 Å². The van der Waals surface area contributed by atoms with Gasteiger partial charge in [0.15, 0.2) is 5.78 Å². The number of ether oxygens (including phenoxy) is 1. The number of rotatable bonds is 6. The molecule has 0 heterocycles. The summed E-state index contributed by atoms with van der Waals surface area (Å²) in [5.41, 5.74) is 2.43. The average Bonchev–Trinajstić information content (AvgIpc) is 3.17. The lowest BCUT2D eigenvalue weighted by Gasteiger charge is -2.60. The van der Waals surface area contributed by atoms with Crippen molar-refractivity contribution in [3.63, 3.8) is 0 Å². The SMILES string of the molecule is C[C@H](COCCc1ccccc1)[C@H]1CC[C@H]2[C@@H]3CCC4C(=N)C(=O)CC[C@]4(C)[C@H]3CC[C@]12C. The maximum atomic E-state index is 12.3. The molecule has 0 spiro atoms. The predicted octanol–water partition coefficient (Wildman–Crippen LogP) is 6.74. The van der Waals surface area contributed by atoms with Crippen LogP contribution in [0.25, 0.3) is 0 Å². The quantitative estimate of drug-likeness (QED) is 0.489. The molecule has 0 aliphatic heterocycles. The number of ketones is 1. The van der Waals surface area contributed by atoms with Gasteiger partial charge in [-0.1, -0.05) is 51.1 Å². The molecular weight excluding hydrogens is 406 g/mol. The fraction of sp³-hybridized carbons (Fsp3) is 0.733. The summed E-state index contributed by atoms with van der Waals surface area (Å²) in [6.45, 7) is 9.17. The number of Topliss-reactive ketones (excluding diaryl/α,β-unsaturated/α-hetero) is 1. The van der Waals surface area contributed by atoms with E-state index in [-0.39, 0.29) is 17.1 Å². The van der Waals surface area contributed by atoms with Gasteiger partial charge < -0.3 is 10.1 Å². The number of carbonyl (C=O) groups excluding carboxylic acids is 1. The highest BCUT2D eigenvalue weighted by atomic mass is 16.5. The molecule has 4 aliphatic carbocycles. The third-order valence-corrected chi connectivity index (χ3v) is 10.9. The fourth-order valence-electron chi connectivity index (χ4n) is 9.20. The van der Waals surface area contributed by atoms with Crippen molar-refractivity contribution in [3.05, 3.63) is 35.9 Å². The molecule has 5 rings (SSSR count). The molecule has 1 N–H and O–H groups in total. The average molecular weight is 450 g/mol. The van der Waals surface area contributed by atoms with E-state index >= 15 is 0 Å². The second-order valence-electron chi connectivity index (χ2n) is 12.4. The van der Waals surface area contributed by atoms with Crippen LogP contribution in [0.5, 0.6) is 0 Å². The van der Waals surface area contributed by atoms with Gasteiger partial charge in [-0.05, 0) is 97.3 Å². The van der Waals surface area contributed by atoms with Crippen LogP contribution < -0.4 is 0 Å². The Morgan fingerprint density at radius 1 is 1.00 bits per heavy atom. The Bertz CT molecular complexity index is 881. The monoisotopic (exact) mass is 449 g/mol. The Morgan fingerprint density at radius 2 is 1.76 bits per heavy atom. The van der Waals surface area contributed by atoms with Gasteiger partial charge in [0.05, 0.1) is 12.3 Å². The molecule has 3 heteroatoms. The lowest BCUT2D eigenvalue weighted by molar-refractivity contribution is -0.123. The van der Waals surface area contributed by atoms with Crippen molar-refractivity contribution in [3.8, 4) is 0 Å². The number of benzene rings is 1. The molecule has 4 aliphatic rings. The van der Waals surface area contributed by atoms with Crippen LogP contribution in [0.3, 0.4) is 0 Å². The van der Waals surface area contributed by atoms with E-state index in [0.29, 0.717) is 29.4 Å². The van der Waals surface area contributed by atoms with Crippen molar-refractivity contribution in [1.29, 1.82) is 5.41 Å². The number of fused-ring (bicyclic) bond motifs is 5. The molecule has 4 fully saturated rings. The molecule has 1 unspecified atom stereocenters. The van der Waals surface area contributed by atoms with E-state index in [1.165, 1.54) is 37.7 Å². The fourth-order valence-corrected chi connectivity index (χ4v) is 9.20. The molecule has 3 nitrogen and oxygen atoms in total. The Balaban J connectivity index is 1.22. The van der Waals surface area contributed by atoms with E-state index in [9.17, 15) is 4.79 Å². The molecule has 33 heavy (non-hydrogen) atoms. The number of hydrogen-bond donors (Lipinski definition) is 1. The molecule has 0 saturated heterocycles. The van der Waals surface area contributed by atoms with Crippen LogP contribution in [-0.2, 0) is 16.0 Å². The number of carbonyl (C=O) groups is 1. The van der Waals surface area contributed by atoms with Crippen molar-refractivity contribution in [2.24, 2.45) is 46.3 Å². The molecule has 8 atom stereocenters. The minimum absolute atomic E-state index is 0.124. The molecule has 0 amide bonds. The first kappa shape index (κ1) is 23.3. The van der Waals surface area contributed by atoms with Crippen molar-refractivity contribution in [2.75, 3.05) is 13.2 Å². The number of nitrogens with one attached hydrogen (secondary N) is 1. The summed E-state index contributed by atoms with van der Waals surface area (Å²) in [7, 11) is 0. The third-order valence-electron chi connectivity index (χ3n) is 10.9. The summed E-state index contributed by atoms with van der Waals surface area (Å²) in [5, 5.41) is 8.50. The molecule has 1 aromatic carbocycles. The maximum absolute atomic E-state index is 12.3. The second-order valence-corrected chi connectivity index (χ2v) is 12.4. The van der Waals surface area contributed by atoms with E-state index < -0.39 is 0 Å². The third kappa shape index (κ3) is 3.93. The van der Waals surface area contributed by atoms with Gasteiger partial charge in [-0.3, -0.25) is 4.79 Å². The zero-order valence-electron chi connectivity index (χ0n) is 20.9. The largest absolute Gasteiger partial charge is 0.381 e. The standard InChI is InChI=1S/C30H43NO2/c1-20(19-33-18-15-21-7-5-4-6-8-21)23-11-12-24-22-9-10-26-28(31)27(32)14-17-30(26,3)25(22)13-16-29(23,24)2/h4-8,20,22-26,31H,9-19H2,1-3H3/t20-,22+,23-,24+,25+,26?,29-,30-/m1/s1. The van der Waals surface area contributed by atoms with Crippen LogP contribution in [0.4, 0.5) is 0 Å². The summed E-state index contributed by atoms with van der Waals surface area (Å²) < 4.78 is 6.20. The Hall–Kier alpha value is -1.48. The zero-order chi connectivity index (χ0) is 23.2. The minimum Gasteiger partial charge on any atom is -0.381 e. The summed E-state index contributed by atoms with van der Waals surface area (Å²) in [6, 6.07) is 10.7.